The number of hydrogen-bond donors (Lipinski definition) is 0. The van der Waals surface area contributed by atoms with E-state index in [1.54, 1.807) is 0 Å². The number of halogens is 1. The lowest BCUT2D eigenvalue weighted by molar-refractivity contribution is -0.384. The van der Waals surface area contributed by atoms with Crippen molar-refractivity contribution in [3.8, 4) is 5.75 Å². The molecule has 1 rings (SSSR count). The highest BCUT2D eigenvalue weighted by molar-refractivity contribution is 6.32. The molecule has 0 unspecified atom stereocenters. The Morgan fingerprint density at radius 1 is 1.50 bits per heavy atom. The Balaban J connectivity index is 2.70. The fourth-order valence-corrected chi connectivity index (χ4v) is 1.23. The molecule has 1 aromatic carbocycles. The number of non-ortho nitro benzene ring substituents is 1. The normalized spacial score (nSPS) is 10.5. The second kappa shape index (κ2) is 5.67. The summed E-state index contributed by atoms with van der Waals surface area (Å²) < 4.78 is 5.36. The van der Waals surface area contributed by atoms with Crippen molar-refractivity contribution in [2.75, 3.05) is 27.2 Å². The van der Waals surface area contributed by atoms with E-state index in [4.69, 9.17) is 16.3 Å². The molecule has 0 N–H and O–H groups in total. The largest absolute Gasteiger partial charge is 0.490 e. The van der Waals surface area contributed by atoms with Crippen LogP contribution in [0.3, 0.4) is 0 Å². The Bertz CT molecular complexity index is 382. The summed E-state index contributed by atoms with van der Waals surface area (Å²) in [7, 11) is 3.83. The minimum absolute atomic E-state index is 0.0238. The number of nitro benzene ring substituents is 1. The first-order chi connectivity index (χ1) is 7.50. The zero-order valence-corrected chi connectivity index (χ0v) is 9.90. The zero-order chi connectivity index (χ0) is 12.1. The van der Waals surface area contributed by atoms with E-state index in [0.717, 1.165) is 6.54 Å². The highest BCUT2D eigenvalue weighted by atomic mass is 35.5. The molecular formula is C10H13ClN2O3. The first-order valence-corrected chi connectivity index (χ1v) is 5.10. The van der Waals surface area contributed by atoms with Gasteiger partial charge in [0.25, 0.3) is 5.69 Å². The van der Waals surface area contributed by atoms with E-state index in [1.165, 1.54) is 18.2 Å². The van der Waals surface area contributed by atoms with Crippen molar-refractivity contribution < 1.29 is 9.66 Å². The van der Waals surface area contributed by atoms with Crippen molar-refractivity contribution in [1.82, 2.24) is 4.90 Å². The molecule has 6 heteroatoms. The molecule has 0 aliphatic carbocycles. The molecule has 0 fully saturated rings. The van der Waals surface area contributed by atoms with Crippen LogP contribution in [0, 0.1) is 10.1 Å². The van der Waals surface area contributed by atoms with Crippen molar-refractivity contribution in [1.29, 1.82) is 0 Å². The van der Waals surface area contributed by atoms with E-state index in [9.17, 15) is 10.1 Å². The lowest BCUT2D eigenvalue weighted by Crippen LogP contribution is -2.19. The molecule has 0 saturated carbocycles. The van der Waals surface area contributed by atoms with Gasteiger partial charge in [-0.05, 0) is 20.2 Å². The highest BCUT2D eigenvalue weighted by Gasteiger charge is 2.10. The smallest absolute Gasteiger partial charge is 0.273 e. The van der Waals surface area contributed by atoms with Gasteiger partial charge in [-0.15, -0.1) is 0 Å². The van der Waals surface area contributed by atoms with Crippen molar-refractivity contribution >= 4 is 17.3 Å². The second-order valence-electron chi connectivity index (χ2n) is 3.52. The van der Waals surface area contributed by atoms with Crippen molar-refractivity contribution in [2.45, 2.75) is 0 Å². The number of hydrogen-bond acceptors (Lipinski definition) is 4. The summed E-state index contributed by atoms with van der Waals surface area (Å²) in [4.78, 5) is 12.0. The summed E-state index contributed by atoms with van der Waals surface area (Å²) in [5.74, 6) is 0.345. The molecule has 0 aromatic heterocycles. The maximum Gasteiger partial charge on any atom is 0.273 e. The molecule has 0 spiro atoms. The molecular weight excluding hydrogens is 232 g/mol. The molecule has 0 aliphatic rings. The summed E-state index contributed by atoms with van der Waals surface area (Å²) in [5.41, 5.74) is -0.0238. The van der Waals surface area contributed by atoms with Crippen LogP contribution >= 0.6 is 11.6 Å². The molecule has 0 bridgehead atoms. The average Bonchev–Trinajstić information content (AvgIpc) is 2.20. The topological polar surface area (TPSA) is 55.6 Å². The van der Waals surface area contributed by atoms with E-state index >= 15 is 0 Å². The monoisotopic (exact) mass is 244 g/mol. The minimum Gasteiger partial charge on any atom is -0.490 e. The van der Waals surface area contributed by atoms with Crippen LogP contribution in [-0.4, -0.2) is 37.1 Å². The van der Waals surface area contributed by atoms with Crippen molar-refractivity contribution in [3.05, 3.63) is 33.3 Å². The Labute approximate surface area is 98.7 Å². The standard InChI is InChI=1S/C10H13ClN2O3/c1-12(2)5-6-16-10-7-8(13(14)15)3-4-9(10)11/h3-4,7H,5-6H2,1-2H3. The number of nitro groups is 1. The van der Waals surface area contributed by atoms with Gasteiger partial charge in [-0.25, -0.2) is 0 Å². The van der Waals surface area contributed by atoms with Crippen LogP contribution in [0.4, 0.5) is 5.69 Å². The molecule has 5 nitrogen and oxygen atoms in total. The second-order valence-corrected chi connectivity index (χ2v) is 3.93. The number of ether oxygens (including phenoxy) is 1. The van der Waals surface area contributed by atoms with Gasteiger partial charge in [-0.1, -0.05) is 11.6 Å². The van der Waals surface area contributed by atoms with Crippen LogP contribution in [0.15, 0.2) is 18.2 Å². The first-order valence-electron chi connectivity index (χ1n) is 4.72. The summed E-state index contributed by atoms with van der Waals surface area (Å²) in [6.07, 6.45) is 0. The highest BCUT2D eigenvalue weighted by Crippen LogP contribution is 2.28. The van der Waals surface area contributed by atoms with Crippen LogP contribution in [0.25, 0.3) is 0 Å². The van der Waals surface area contributed by atoms with Gasteiger partial charge in [0.1, 0.15) is 12.4 Å². The van der Waals surface area contributed by atoms with Crippen LogP contribution in [-0.2, 0) is 0 Å². The molecule has 16 heavy (non-hydrogen) atoms. The zero-order valence-electron chi connectivity index (χ0n) is 9.14. The lowest BCUT2D eigenvalue weighted by Gasteiger charge is -2.11. The third-order valence-corrected chi connectivity index (χ3v) is 2.23. The molecule has 0 heterocycles. The average molecular weight is 245 g/mol. The van der Waals surface area contributed by atoms with E-state index < -0.39 is 4.92 Å². The maximum absolute atomic E-state index is 10.5. The van der Waals surface area contributed by atoms with Crippen LogP contribution in [0.1, 0.15) is 0 Å². The Morgan fingerprint density at radius 3 is 2.75 bits per heavy atom. The van der Waals surface area contributed by atoms with E-state index in [2.05, 4.69) is 0 Å². The third-order valence-electron chi connectivity index (χ3n) is 1.92. The summed E-state index contributed by atoms with van der Waals surface area (Å²) in [5, 5.41) is 10.9. The summed E-state index contributed by atoms with van der Waals surface area (Å²) in [6.45, 7) is 1.16. The van der Waals surface area contributed by atoms with Crippen molar-refractivity contribution in [3.63, 3.8) is 0 Å². The third kappa shape index (κ3) is 3.67. The van der Waals surface area contributed by atoms with Gasteiger partial charge < -0.3 is 9.64 Å². The van der Waals surface area contributed by atoms with Gasteiger partial charge in [0.15, 0.2) is 0 Å². The molecule has 0 aliphatic heterocycles. The van der Waals surface area contributed by atoms with Gasteiger partial charge in [0.2, 0.25) is 0 Å². The molecule has 0 radical (unpaired) electrons. The molecule has 88 valence electrons. The number of likely N-dealkylation sites (N-methyl/N-ethyl adjacent to an activating group) is 1. The van der Waals surface area contributed by atoms with Crippen LogP contribution < -0.4 is 4.74 Å². The summed E-state index contributed by atoms with van der Waals surface area (Å²) >= 11 is 5.86. The molecule has 1 aromatic rings. The van der Waals surface area contributed by atoms with Gasteiger partial charge >= 0.3 is 0 Å². The van der Waals surface area contributed by atoms with Gasteiger partial charge in [0.05, 0.1) is 16.0 Å². The quantitative estimate of drug-likeness (QED) is 0.589. The predicted octanol–water partition coefficient (Wildman–Crippen LogP) is 2.19. The van der Waals surface area contributed by atoms with Gasteiger partial charge in [-0.2, -0.15) is 0 Å². The molecule has 0 saturated heterocycles. The molecule has 0 amide bonds. The number of nitrogens with zero attached hydrogens (tertiary/aromatic N) is 2. The number of benzene rings is 1. The predicted molar refractivity (Wildman–Crippen MR) is 62.2 cm³/mol. The number of rotatable bonds is 5. The van der Waals surface area contributed by atoms with Crippen LogP contribution in [0.5, 0.6) is 5.75 Å². The Hall–Kier alpha value is -1.33. The lowest BCUT2D eigenvalue weighted by atomic mass is 10.3. The maximum atomic E-state index is 10.5. The molecule has 0 atom stereocenters. The Morgan fingerprint density at radius 2 is 2.19 bits per heavy atom. The SMILES string of the molecule is CN(C)CCOc1cc([N+](=O)[O-])ccc1Cl. The fraction of sp³-hybridized carbons (Fsp3) is 0.400. The van der Waals surface area contributed by atoms with E-state index in [-0.39, 0.29) is 5.69 Å². The van der Waals surface area contributed by atoms with E-state index in [1.807, 2.05) is 19.0 Å². The van der Waals surface area contributed by atoms with Crippen LogP contribution in [0.2, 0.25) is 5.02 Å². The minimum atomic E-state index is -0.477. The van der Waals surface area contributed by atoms with Crippen molar-refractivity contribution in [2.24, 2.45) is 0 Å². The van der Waals surface area contributed by atoms with E-state index in [0.29, 0.717) is 17.4 Å². The summed E-state index contributed by atoms with van der Waals surface area (Å²) in [6, 6.07) is 4.14. The fourth-order valence-electron chi connectivity index (χ4n) is 1.05. The first kappa shape index (κ1) is 12.7. The van der Waals surface area contributed by atoms with Gasteiger partial charge in [-0.3, -0.25) is 10.1 Å². The Kier molecular flexibility index (Phi) is 4.52. The van der Waals surface area contributed by atoms with Gasteiger partial charge in [0, 0.05) is 12.6 Å².